The van der Waals surface area contributed by atoms with Gasteiger partial charge < -0.3 is 4.90 Å². The van der Waals surface area contributed by atoms with Crippen molar-refractivity contribution in [1.29, 1.82) is 0 Å². The molecule has 1 nitrogen and oxygen atoms in total. The molecule has 1 heterocycles. The van der Waals surface area contributed by atoms with Gasteiger partial charge in [-0.2, -0.15) is 0 Å². The molecule has 7 aromatic carbocycles. The first kappa shape index (κ1) is 31.3. The van der Waals surface area contributed by atoms with Crippen LogP contribution in [0.2, 0.25) is 0 Å². The molecule has 0 radical (unpaired) electrons. The first-order chi connectivity index (χ1) is 25.4. The summed E-state index contributed by atoms with van der Waals surface area (Å²) in [7, 11) is 0. The number of aryl methyl sites for hydroxylation is 2. The topological polar surface area (TPSA) is 3.24 Å². The van der Waals surface area contributed by atoms with Gasteiger partial charge in [0.05, 0.1) is 0 Å². The van der Waals surface area contributed by atoms with Crippen molar-refractivity contribution in [3.05, 3.63) is 173 Å². The highest BCUT2D eigenvalue weighted by molar-refractivity contribution is 7.25. The van der Waals surface area contributed by atoms with Crippen LogP contribution in [-0.2, 0) is 24.7 Å². The number of nitrogens with zero attached hydrogens (tertiary/aromatic N) is 1. The van der Waals surface area contributed by atoms with Gasteiger partial charge in [-0.25, -0.2) is 0 Å². The fraction of sp³-hybridized carbons (Fsp3) is 0.160. The van der Waals surface area contributed by atoms with Crippen molar-refractivity contribution in [2.45, 2.75) is 52.4 Å². The van der Waals surface area contributed by atoms with Gasteiger partial charge in [0.2, 0.25) is 0 Å². The first-order valence-electron chi connectivity index (χ1n) is 18.8. The second-order valence-electron chi connectivity index (χ2n) is 15.1. The molecule has 252 valence electrons. The molecule has 0 N–H and O–H groups in total. The Labute approximate surface area is 310 Å². The molecule has 0 aliphatic heterocycles. The monoisotopic (exact) mass is 687 g/mol. The lowest BCUT2D eigenvalue weighted by Crippen LogP contribution is -2.16. The number of anilines is 3. The van der Waals surface area contributed by atoms with Crippen molar-refractivity contribution in [1.82, 2.24) is 0 Å². The summed E-state index contributed by atoms with van der Waals surface area (Å²) in [5.41, 5.74) is 20.0. The van der Waals surface area contributed by atoms with E-state index in [-0.39, 0.29) is 5.41 Å². The van der Waals surface area contributed by atoms with Crippen molar-refractivity contribution in [2.75, 3.05) is 4.90 Å². The van der Waals surface area contributed by atoms with Gasteiger partial charge in [-0.15, -0.1) is 11.3 Å². The molecule has 52 heavy (non-hydrogen) atoms. The Morgan fingerprint density at radius 2 is 1.12 bits per heavy atom. The molecule has 0 unspecified atom stereocenters. The Morgan fingerprint density at radius 1 is 0.481 bits per heavy atom. The minimum Gasteiger partial charge on any atom is -0.310 e. The molecule has 8 aromatic rings. The number of fused-ring (bicyclic) bond motifs is 9. The van der Waals surface area contributed by atoms with Crippen LogP contribution in [0.25, 0.3) is 53.6 Å². The van der Waals surface area contributed by atoms with Crippen LogP contribution in [0, 0.1) is 0 Å². The molecule has 2 heteroatoms. The van der Waals surface area contributed by atoms with E-state index in [9.17, 15) is 0 Å². The number of hydrogen-bond acceptors (Lipinski definition) is 2. The van der Waals surface area contributed by atoms with Crippen LogP contribution in [0.4, 0.5) is 17.1 Å². The van der Waals surface area contributed by atoms with E-state index >= 15 is 0 Å². The van der Waals surface area contributed by atoms with Crippen LogP contribution in [0.3, 0.4) is 0 Å². The zero-order valence-corrected chi connectivity index (χ0v) is 31.1. The summed E-state index contributed by atoms with van der Waals surface area (Å²) in [6, 6.07) is 53.1. The van der Waals surface area contributed by atoms with Gasteiger partial charge in [0.1, 0.15) is 0 Å². The minimum absolute atomic E-state index is 0.0809. The molecule has 0 fully saturated rings. The molecular formula is C50H41NS. The number of rotatable bonds is 6. The second kappa shape index (κ2) is 11.8. The normalized spacial score (nSPS) is 13.6. The van der Waals surface area contributed by atoms with Crippen LogP contribution in [0.1, 0.15) is 61.1 Å². The zero-order valence-electron chi connectivity index (χ0n) is 30.3. The maximum Gasteiger partial charge on any atom is 0.0468 e. The Morgan fingerprint density at radius 3 is 1.96 bits per heavy atom. The summed E-state index contributed by atoms with van der Waals surface area (Å²) in [4.78, 5) is 2.50. The van der Waals surface area contributed by atoms with Crippen molar-refractivity contribution < 1.29 is 0 Å². The lowest BCUT2D eigenvalue weighted by atomic mass is 9.82. The van der Waals surface area contributed by atoms with E-state index in [2.05, 4.69) is 172 Å². The van der Waals surface area contributed by atoms with E-state index in [4.69, 9.17) is 0 Å². The predicted octanol–water partition coefficient (Wildman–Crippen LogP) is 14.2. The van der Waals surface area contributed by atoms with Gasteiger partial charge >= 0.3 is 0 Å². The molecule has 2 aliphatic rings. The highest BCUT2D eigenvalue weighted by Crippen LogP contribution is 2.52. The average Bonchev–Trinajstić information content (AvgIpc) is 3.80. The number of hydrogen-bond donors (Lipinski definition) is 0. The second-order valence-corrected chi connectivity index (χ2v) is 16.1. The average molecular weight is 688 g/mol. The van der Waals surface area contributed by atoms with Crippen LogP contribution in [0.5, 0.6) is 0 Å². The van der Waals surface area contributed by atoms with Crippen LogP contribution >= 0.6 is 11.3 Å². The molecule has 10 rings (SSSR count). The van der Waals surface area contributed by atoms with Gasteiger partial charge in [0, 0.05) is 42.6 Å². The molecular weight excluding hydrogens is 647 g/mol. The zero-order chi connectivity index (χ0) is 35.1. The largest absolute Gasteiger partial charge is 0.310 e. The fourth-order valence-electron chi connectivity index (χ4n) is 9.17. The Bertz CT molecular complexity index is 2730. The lowest BCUT2D eigenvalue weighted by molar-refractivity contribution is 0.660. The standard InChI is InChI=1S/C50H41NS/c1-5-31-13-7-8-14-38(31)39-23-21-35(26-32(39)6-2)51(37-22-24-41-40-15-9-11-17-46(40)50(3,4)47(41)29-37)36-20-19-33-25-34-27-45-42-16-10-12-18-48(42)52-49(45)30-44(34)43(33)28-36/h7-24,26-30H,5-6,25H2,1-4H3. The first-order valence-corrected chi connectivity index (χ1v) is 19.6. The van der Waals surface area contributed by atoms with E-state index < -0.39 is 0 Å². The third-order valence-corrected chi connectivity index (χ3v) is 13.0. The summed E-state index contributed by atoms with van der Waals surface area (Å²) in [5, 5.41) is 2.75. The summed E-state index contributed by atoms with van der Waals surface area (Å²) < 4.78 is 2.73. The van der Waals surface area contributed by atoms with Gasteiger partial charge in [-0.05, 0) is 141 Å². The Balaban J connectivity index is 1.15. The SMILES string of the molecule is CCc1ccccc1-c1ccc(N(c2ccc3c(c2)-c2cc4sc5ccccc5c4cc2C3)c2ccc3c(c2)C(C)(C)c2ccccc2-3)cc1CC. The van der Waals surface area contributed by atoms with Gasteiger partial charge in [-0.3, -0.25) is 0 Å². The van der Waals surface area contributed by atoms with Gasteiger partial charge in [0.25, 0.3) is 0 Å². The third kappa shape index (κ3) is 4.67. The van der Waals surface area contributed by atoms with Crippen LogP contribution < -0.4 is 4.90 Å². The molecule has 0 saturated carbocycles. The molecule has 0 bridgehead atoms. The fourth-order valence-corrected chi connectivity index (χ4v) is 10.3. The van der Waals surface area contributed by atoms with E-state index in [0.29, 0.717) is 0 Å². The molecule has 0 saturated heterocycles. The molecule has 0 spiro atoms. The van der Waals surface area contributed by atoms with Gasteiger partial charge in [-0.1, -0.05) is 113 Å². The smallest absolute Gasteiger partial charge is 0.0468 e. The Hall–Kier alpha value is -5.44. The quantitative estimate of drug-likeness (QED) is 0.168. The van der Waals surface area contributed by atoms with Crippen molar-refractivity contribution in [3.8, 4) is 33.4 Å². The minimum atomic E-state index is -0.0809. The summed E-state index contributed by atoms with van der Waals surface area (Å²) in [5.74, 6) is 0. The number of benzene rings is 7. The molecule has 1 aromatic heterocycles. The van der Waals surface area contributed by atoms with Crippen molar-refractivity contribution in [2.24, 2.45) is 0 Å². The van der Waals surface area contributed by atoms with Crippen LogP contribution in [0.15, 0.2) is 140 Å². The maximum atomic E-state index is 2.50. The highest BCUT2D eigenvalue weighted by atomic mass is 32.1. The summed E-state index contributed by atoms with van der Waals surface area (Å²) >= 11 is 1.91. The van der Waals surface area contributed by atoms with E-state index in [0.717, 1.165) is 19.3 Å². The van der Waals surface area contributed by atoms with Crippen LogP contribution in [-0.4, -0.2) is 0 Å². The van der Waals surface area contributed by atoms with Crippen molar-refractivity contribution in [3.63, 3.8) is 0 Å². The molecule has 0 atom stereocenters. The molecule has 0 amide bonds. The third-order valence-electron chi connectivity index (χ3n) is 11.9. The predicted molar refractivity (Wildman–Crippen MR) is 224 cm³/mol. The maximum absolute atomic E-state index is 2.50. The van der Waals surface area contributed by atoms with E-state index in [1.54, 1.807) is 0 Å². The van der Waals surface area contributed by atoms with Gasteiger partial charge in [0.15, 0.2) is 0 Å². The lowest BCUT2D eigenvalue weighted by Gasteiger charge is -2.29. The summed E-state index contributed by atoms with van der Waals surface area (Å²) in [6.07, 6.45) is 2.96. The summed E-state index contributed by atoms with van der Waals surface area (Å²) in [6.45, 7) is 9.30. The Kier molecular flexibility index (Phi) is 7.10. The number of thiophene rings is 1. The van der Waals surface area contributed by atoms with E-state index in [1.165, 1.54) is 104 Å². The van der Waals surface area contributed by atoms with E-state index in [1.807, 2.05) is 11.3 Å². The van der Waals surface area contributed by atoms with Crippen molar-refractivity contribution >= 4 is 48.6 Å². The molecule has 2 aliphatic carbocycles. The highest BCUT2D eigenvalue weighted by Gasteiger charge is 2.36.